The number of pyridine rings is 1. The van der Waals surface area contributed by atoms with Crippen molar-refractivity contribution in [2.24, 2.45) is 0 Å². The molecule has 6 heteroatoms. The number of nitrogens with zero attached hydrogens (tertiary/aromatic N) is 1. The van der Waals surface area contributed by atoms with Gasteiger partial charge in [-0.15, -0.1) is 0 Å². The van der Waals surface area contributed by atoms with Gasteiger partial charge in [0.25, 0.3) is 0 Å². The third-order valence-electron chi connectivity index (χ3n) is 1.87. The van der Waals surface area contributed by atoms with Gasteiger partial charge in [0.2, 0.25) is 0 Å². The topological polar surface area (TPSA) is 12.9 Å². The molecule has 0 unspecified atom stereocenters. The average molecular weight is 337 g/mol. The lowest BCUT2D eigenvalue weighted by atomic mass is 10.3. The Bertz CT molecular complexity index is 516. The number of hydrogen-bond acceptors (Lipinski definition) is 2. The SMILES string of the molecule is Fc1ccc(Sc2ncc(Br)cc2Cl)c(F)c1. The van der Waals surface area contributed by atoms with Gasteiger partial charge < -0.3 is 0 Å². The van der Waals surface area contributed by atoms with Crippen LogP contribution >= 0.6 is 39.3 Å². The standard InChI is InChI=1S/C11H5BrClF2NS/c12-6-3-8(13)11(16-5-6)17-10-2-1-7(14)4-9(10)15/h1-5H. The van der Waals surface area contributed by atoms with Gasteiger partial charge in [-0.1, -0.05) is 23.4 Å². The Labute approximate surface area is 114 Å². The van der Waals surface area contributed by atoms with Crippen molar-refractivity contribution in [3.8, 4) is 0 Å². The molecule has 2 rings (SSSR count). The zero-order valence-corrected chi connectivity index (χ0v) is 11.4. The summed E-state index contributed by atoms with van der Waals surface area (Å²) in [5.41, 5.74) is 0. The smallest absolute Gasteiger partial charge is 0.140 e. The molecule has 0 aliphatic rings. The van der Waals surface area contributed by atoms with Gasteiger partial charge in [0, 0.05) is 21.6 Å². The van der Waals surface area contributed by atoms with Gasteiger partial charge in [0.15, 0.2) is 0 Å². The second-order valence-corrected chi connectivity index (χ2v) is 5.47. The van der Waals surface area contributed by atoms with E-state index in [-0.39, 0.29) is 4.90 Å². The molecule has 0 bridgehead atoms. The van der Waals surface area contributed by atoms with Gasteiger partial charge in [0.1, 0.15) is 16.7 Å². The highest BCUT2D eigenvalue weighted by molar-refractivity contribution is 9.10. The molecule has 0 saturated carbocycles. The molecule has 2 aromatic rings. The van der Waals surface area contributed by atoms with Crippen LogP contribution in [0.4, 0.5) is 8.78 Å². The molecule has 0 atom stereocenters. The maximum Gasteiger partial charge on any atom is 0.140 e. The Hall–Kier alpha value is -0.650. The highest BCUT2D eigenvalue weighted by Gasteiger charge is 2.09. The zero-order valence-electron chi connectivity index (χ0n) is 8.25. The van der Waals surface area contributed by atoms with Gasteiger partial charge in [0.05, 0.1) is 5.02 Å². The first-order chi connectivity index (χ1) is 8.06. The zero-order chi connectivity index (χ0) is 12.4. The Morgan fingerprint density at radius 2 is 2.00 bits per heavy atom. The molecule has 0 spiro atoms. The first kappa shape index (κ1) is 12.8. The second kappa shape index (κ2) is 5.33. The van der Waals surface area contributed by atoms with Crippen LogP contribution < -0.4 is 0 Å². The second-order valence-electron chi connectivity index (χ2n) is 3.12. The molecule has 1 aromatic carbocycles. The van der Waals surface area contributed by atoms with E-state index in [1.807, 2.05) is 0 Å². The maximum atomic E-state index is 13.4. The van der Waals surface area contributed by atoms with Gasteiger partial charge in [-0.25, -0.2) is 13.8 Å². The van der Waals surface area contributed by atoms with Crippen LogP contribution in [-0.4, -0.2) is 4.98 Å². The van der Waals surface area contributed by atoms with Crippen LogP contribution in [0.1, 0.15) is 0 Å². The Kier molecular flexibility index (Phi) is 4.01. The Balaban J connectivity index is 2.31. The number of halogens is 4. The first-order valence-corrected chi connectivity index (χ1v) is 6.49. The van der Waals surface area contributed by atoms with Crippen molar-refractivity contribution in [1.29, 1.82) is 0 Å². The van der Waals surface area contributed by atoms with Crippen molar-refractivity contribution in [1.82, 2.24) is 4.98 Å². The van der Waals surface area contributed by atoms with Crippen molar-refractivity contribution in [2.45, 2.75) is 9.92 Å². The summed E-state index contributed by atoms with van der Waals surface area (Å²) in [6, 6.07) is 5.04. The summed E-state index contributed by atoms with van der Waals surface area (Å²) in [6.45, 7) is 0. The Morgan fingerprint density at radius 3 is 2.65 bits per heavy atom. The molecular formula is C11H5BrClF2NS. The minimum Gasteiger partial charge on any atom is -0.247 e. The predicted molar refractivity (Wildman–Crippen MR) is 67.4 cm³/mol. The van der Waals surface area contributed by atoms with Crippen LogP contribution in [0.15, 0.2) is 44.9 Å². The van der Waals surface area contributed by atoms with Gasteiger partial charge >= 0.3 is 0 Å². The summed E-state index contributed by atoms with van der Waals surface area (Å²) in [6.07, 6.45) is 1.57. The van der Waals surface area contributed by atoms with Crippen LogP contribution in [0, 0.1) is 11.6 Å². The third-order valence-corrected chi connectivity index (χ3v) is 3.78. The molecule has 1 aromatic heterocycles. The lowest BCUT2D eigenvalue weighted by Gasteiger charge is -2.04. The predicted octanol–water partition coefficient (Wildman–Crippen LogP) is 4.93. The molecule has 0 aliphatic heterocycles. The number of benzene rings is 1. The fraction of sp³-hybridized carbons (Fsp3) is 0. The van der Waals surface area contributed by atoms with Crippen molar-refractivity contribution in [3.63, 3.8) is 0 Å². The molecular weight excluding hydrogens is 332 g/mol. The van der Waals surface area contributed by atoms with E-state index in [0.29, 0.717) is 10.0 Å². The molecule has 0 amide bonds. The largest absolute Gasteiger partial charge is 0.247 e. The molecule has 0 N–H and O–H groups in total. The molecule has 17 heavy (non-hydrogen) atoms. The molecule has 0 aliphatic carbocycles. The van der Waals surface area contributed by atoms with Gasteiger partial charge in [-0.05, 0) is 34.1 Å². The van der Waals surface area contributed by atoms with E-state index in [4.69, 9.17) is 11.6 Å². The lowest BCUT2D eigenvalue weighted by Crippen LogP contribution is -1.86. The normalized spacial score (nSPS) is 10.6. The number of rotatable bonds is 2. The molecule has 88 valence electrons. The first-order valence-electron chi connectivity index (χ1n) is 4.50. The minimum atomic E-state index is -0.629. The average Bonchev–Trinajstić information content (AvgIpc) is 2.25. The van der Waals surface area contributed by atoms with Crippen LogP contribution in [0.3, 0.4) is 0 Å². The van der Waals surface area contributed by atoms with E-state index in [0.717, 1.165) is 22.3 Å². The summed E-state index contributed by atoms with van der Waals surface area (Å²) in [7, 11) is 0. The van der Waals surface area contributed by atoms with Gasteiger partial charge in [-0.2, -0.15) is 0 Å². The number of aromatic nitrogens is 1. The maximum absolute atomic E-state index is 13.4. The minimum absolute atomic E-state index is 0.281. The summed E-state index contributed by atoms with van der Waals surface area (Å²) >= 11 is 10.2. The molecule has 0 fully saturated rings. The summed E-state index contributed by atoms with van der Waals surface area (Å²) in [4.78, 5) is 4.34. The van der Waals surface area contributed by atoms with E-state index < -0.39 is 11.6 Å². The van der Waals surface area contributed by atoms with Crippen molar-refractivity contribution in [2.75, 3.05) is 0 Å². The summed E-state index contributed by atoms with van der Waals surface area (Å²) < 4.78 is 26.9. The highest BCUT2D eigenvalue weighted by Crippen LogP contribution is 2.34. The van der Waals surface area contributed by atoms with Crippen molar-refractivity contribution in [3.05, 3.63) is 51.6 Å². The molecule has 1 nitrogen and oxygen atoms in total. The van der Waals surface area contributed by atoms with Crippen LogP contribution in [0.5, 0.6) is 0 Å². The lowest BCUT2D eigenvalue weighted by molar-refractivity contribution is 0.565. The third kappa shape index (κ3) is 3.18. The van der Waals surface area contributed by atoms with E-state index >= 15 is 0 Å². The molecule has 1 heterocycles. The van der Waals surface area contributed by atoms with Gasteiger partial charge in [-0.3, -0.25) is 0 Å². The number of hydrogen-bond donors (Lipinski definition) is 0. The summed E-state index contributed by atoms with van der Waals surface area (Å²) in [5, 5.41) is 0.883. The van der Waals surface area contributed by atoms with E-state index in [2.05, 4.69) is 20.9 Å². The van der Waals surface area contributed by atoms with Crippen LogP contribution in [-0.2, 0) is 0 Å². The van der Waals surface area contributed by atoms with Crippen LogP contribution in [0.25, 0.3) is 0 Å². The van der Waals surface area contributed by atoms with Crippen molar-refractivity contribution >= 4 is 39.3 Å². The Morgan fingerprint density at radius 1 is 1.24 bits per heavy atom. The van der Waals surface area contributed by atoms with E-state index in [1.54, 1.807) is 12.3 Å². The molecule has 0 saturated heterocycles. The monoisotopic (exact) mass is 335 g/mol. The van der Waals surface area contributed by atoms with Crippen LogP contribution in [0.2, 0.25) is 5.02 Å². The fourth-order valence-corrected chi connectivity index (χ4v) is 2.65. The summed E-state index contributed by atoms with van der Waals surface area (Å²) in [5.74, 6) is -1.24. The fourth-order valence-electron chi connectivity index (χ4n) is 1.14. The molecule has 0 radical (unpaired) electrons. The van der Waals surface area contributed by atoms with E-state index in [1.165, 1.54) is 12.1 Å². The van der Waals surface area contributed by atoms with Crippen molar-refractivity contribution < 1.29 is 8.78 Å². The quantitative estimate of drug-likeness (QED) is 0.771. The highest BCUT2D eigenvalue weighted by atomic mass is 79.9. The van der Waals surface area contributed by atoms with E-state index in [9.17, 15) is 8.78 Å².